The summed E-state index contributed by atoms with van der Waals surface area (Å²) in [6.45, 7) is 0.314. The number of nitrogens with one attached hydrogen (secondary N) is 1. The summed E-state index contributed by atoms with van der Waals surface area (Å²) in [5.74, 6) is 0.0249. The average molecular weight is 288 g/mol. The molecule has 0 aromatic carbocycles. The van der Waals surface area contributed by atoms with Gasteiger partial charge in [0, 0.05) is 20.6 Å². The maximum Gasteiger partial charge on any atom is 0.215 e. The molecule has 0 aliphatic heterocycles. The molecule has 8 heteroatoms. The molecule has 0 spiro atoms. The second-order valence-corrected chi connectivity index (χ2v) is 6.56. The Balaban J connectivity index is 2.52. The third-order valence-electron chi connectivity index (χ3n) is 2.26. The summed E-state index contributed by atoms with van der Waals surface area (Å²) < 4.78 is 24.2. The van der Waals surface area contributed by atoms with Crippen molar-refractivity contribution in [3.63, 3.8) is 0 Å². The van der Waals surface area contributed by atoms with Gasteiger partial charge in [-0.05, 0) is 12.1 Å². The standard InChI is InChI=1S/C10H16N4O2S2/c1-14(2)18(15,16)6-5-12-8-3-4-9(10(11)17)13-7-8/h3-4,7,12H,5-6H2,1-2H3,(H2,11,17). The third kappa shape index (κ3) is 4.21. The van der Waals surface area contributed by atoms with Crippen LogP contribution in [0.4, 0.5) is 5.69 Å². The van der Waals surface area contributed by atoms with Gasteiger partial charge in [0.1, 0.15) is 4.99 Å². The Hall–Kier alpha value is -1.25. The number of hydrogen-bond donors (Lipinski definition) is 2. The Morgan fingerprint density at radius 2 is 2.17 bits per heavy atom. The molecule has 0 saturated heterocycles. The van der Waals surface area contributed by atoms with Crippen molar-refractivity contribution in [1.29, 1.82) is 0 Å². The minimum Gasteiger partial charge on any atom is -0.388 e. The van der Waals surface area contributed by atoms with Gasteiger partial charge in [-0.1, -0.05) is 12.2 Å². The van der Waals surface area contributed by atoms with Gasteiger partial charge < -0.3 is 11.1 Å². The van der Waals surface area contributed by atoms with E-state index in [0.29, 0.717) is 12.2 Å². The molecule has 3 N–H and O–H groups in total. The van der Waals surface area contributed by atoms with Crippen LogP contribution in [0.15, 0.2) is 18.3 Å². The van der Waals surface area contributed by atoms with Crippen LogP contribution in [0.1, 0.15) is 5.69 Å². The summed E-state index contributed by atoms with van der Waals surface area (Å²) in [6, 6.07) is 3.44. The molecule has 0 unspecified atom stereocenters. The van der Waals surface area contributed by atoms with Crippen LogP contribution in [0.2, 0.25) is 0 Å². The number of nitrogens with two attached hydrogens (primary N) is 1. The van der Waals surface area contributed by atoms with Crippen molar-refractivity contribution in [3.05, 3.63) is 24.0 Å². The molecule has 0 aliphatic carbocycles. The van der Waals surface area contributed by atoms with Crippen LogP contribution in [0.25, 0.3) is 0 Å². The van der Waals surface area contributed by atoms with Crippen LogP contribution in [-0.4, -0.2) is 49.1 Å². The first kappa shape index (κ1) is 14.8. The van der Waals surface area contributed by atoms with E-state index in [0.717, 1.165) is 5.69 Å². The molecule has 1 aromatic heterocycles. The van der Waals surface area contributed by atoms with Crippen molar-refractivity contribution in [2.24, 2.45) is 5.73 Å². The molecule has 0 saturated carbocycles. The summed E-state index contributed by atoms with van der Waals surface area (Å²) in [6.07, 6.45) is 1.57. The van der Waals surface area contributed by atoms with Gasteiger partial charge in [-0.25, -0.2) is 12.7 Å². The molecule has 100 valence electrons. The Morgan fingerprint density at radius 3 is 2.61 bits per heavy atom. The number of nitrogens with zero attached hydrogens (tertiary/aromatic N) is 2. The first-order valence-electron chi connectivity index (χ1n) is 5.23. The average Bonchev–Trinajstić information content (AvgIpc) is 2.29. The van der Waals surface area contributed by atoms with E-state index in [9.17, 15) is 8.42 Å². The van der Waals surface area contributed by atoms with Gasteiger partial charge >= 0.3 is 0 Å². The fraction of sp³-hybridized carbons (Fsp3) is 0.400. The SMILES string of the molecule is CN(C)S(=O)(=O)CCNc1ccc(C(N)=S)nc1. The number of rotatable bonds is 6. The number of sulfonamides is 1. The third-order valence-corrected chi connectivity index (χ3v) is 4.30. The van der Waals surface area contributed by atoms with E-state index in [1.807, 2.05) is 0 Å². The second-order valence-electron chi connectivity index (χ2n) is 3.82. The lowest BCUT2D eigenvalue weighted by Gasteiger charge is -2.12. The smallest absolute Gasteiger partial charge is 0.215 e. The molecule has 0 radical (unpaired) electrons. The molecule has 0 amide bonds. The predicted molar refractivity (Wildman–Crippen MR) is 76.1 cm³/mol. The minimum absolute atomic E-state index is 0.0249. The van der Waals surface area contributed by atoms with Crippen LogP contribution in [0.5, 0.6) is 0 Å². The molecule has 0 atom stereocenters. The highest BCUT2D eigenvalue weighted by Gasteiger charge is 2.12. The Labute approximate surface area is 112 Å². The van der Waals surface area contributed by atoms with Crippen molar-refractivity contribution < 1.29 is 8.42 Å². The molecule has 0 bridgehead atoms. The zero-order valence-electron chi connectivity index (χ0n) is 10.3. The van der Waals surface area contributed by atoms with E-state index in [1.54, 1.807) is 18.3 Å². The second kappa shape index (κ2) is 6.07. The summed E-state index contributed by atoms with van der Waals surface area (Å²) >= 11 is 4.78. The molecular weight excluding hydrogens is 272 g/mol. The molecule has 0 fully saturated rings. The van der Waals surface area contributed by atoms with Gasteiger partial charge in [-0.2, -0.15) is 0 Å². The van der Waals surface area contributed by atoms with Crippen molar-refractivity contribution in [3.8, 4) is 0 Å². The quantitative estimate of drug-likeness (QED) is 0.717. The van der Waals surface area contributed by atoms with Crippen LogP contribution in [0.3, 0.4) is 0 Å². The highest BCUT2D eigenvalue weighted by Crippen LogP contribution is 2.06. The van der Waals surface area contributed by atoms with E-state index >= 15 is 0 Å². The summed E-state index contributed by atoms with van der Waals surface area (Å²) in [5.41, 5.74) is 6.68. The topological polar surface area (TPSA) is 88.3 Å². The first-order valence-corrected chi connectivity index (χ1v) is 7.24. The summed E-state index contributed by atoms with van der Waals surface area (Å²) in [4.78, 5) is 4.27. The van der Waals surface area contributed by atoms with Gasteiger partial charge in [0.2, 0.25) is 10.0 Å². The van der Waals surface area contributed by atoms with Crippen molar-refractivity contribution in [1.82, 2.24) is 9.29 Å². The molecule has 18 heavy (non-hydrogen) atoms. The van der Waals surface area contributed by atoms with Crippen LogP contribution in [-0.2, 0) is 10.0 Å². The van der Waals surface area contributed by atoms with Crippen LogP contribution in [0, 0.1) is 0 Å². The van der Waals surface area contributed by atoms with Crippen molar-refractivity contribution >= 4 is 32.9 Å². The van der Waals surface area contributed by atoms with E-state index in [1.165, 1.54) is 18.4 Å². The lowest BCUT2D eigenvalue weighted by atomic mass is 10.3. The largest absolute Gasteiger partial charge is 0.388 e. The Morgan fingerprint density at radius 1 is 1.50 bits per heavy atom. The van der Waals surface area contributed by atoms with Crippen molar-refractivity contribution in [2.45, 2.75) is 0 Å². The summed E-state index contributed by atoms with van der Waals surface area (Å²) in [5, 5.41) is 2.97. The number of thiocarbonyl (C=S) groups is 1. The maximum absolute atomic E-state index is 11.5. The number of pyridine rings is 1. The molecule has 1 aromatic rings. The first-order chi connectivity index (χ1) is 8.33. The van der Waals surface area contributed by atoms with Gasteiger partial charge in [0.25, 0.3) is 0 Å². The van der Waals surface area contributed by atoms with Gasteiger partial charge in [-0.3, -0.25) is 4.98 Å². The molecule has 6 nitrogen and oxygen atoms in total. The minimum atomic E-state index is -3.18. The lowest BCUT2D eigenvalue weighted by Crippen LogP contribution is -2.28. The van der Waals surface area contributed by atoms with E-state index in [-0.39, 0.29) is 10.7 Å². The molecule has 1 rings (SSSR count). The fourth-order valence-electron chi connectivity index (χ4n) is 1.15. The van der Waals surface area contributed by atoms with Gasteiger partial charge in [0.15, 0.2) is 0 Å². The normalized spacial score (nSPS) is 11.5. The monoisotopic (exact) mass is 288 g/mol. The molecule has 1 heterocycles. The maximum atomic E-state index is 11.5. The van der Waals surface area contributed by atoms with E-state index in [2.05, 4.69) is 10.3 Å². The fourth-order valence-corrected chi connectivity index (χ4v) is 2.00. The highest BCUT2D eigenvalue weighted by atomic mass is 32.2. The van der Waals surface area contributed by atoms with Crippen LogP contribution < -0.4 is 11.1 Å². The molecule has 0 aliphatic rings. The summed E-state index contributed by atoms with van der Waals surface area (Å²) in [7, 11) is -0.165. The highest BCUT2D eigenvalue weighted by molar-refractivity contribution is 7.89. The van der Waals surface area contributed by atoms with Crippen LogP contribution >= 0.6 is 12.2 Å². The number of anilines is 1. The van der Waals surface area contributed by atoms with Crippen molar-refractivity contribution in [2.75, 3.05) is 31.7 Å². The van der Waals surface area contributed by atoms with Gasteiger partial charge in [0.05, 0.1) is 23.3 Å². The number of aromatic nitrogens is 1. The van der Waals surface area contributed by atoms with E-state index in [4.69, 9.17) is 18.0 Å². The van der Waals surface area contributed by atoms with E-state index < -0.39 is 10.0 Å². The molecular formula is C10H16N4O2S2. The zero-order valence-corrected chi connectivity index (χ0v) is 11.9. The predicted octanol–water partition coefficient (Wildman–Crippen LogP) is 0.0191. The lowest BCUT2D eigenvalue weighted by molar-refractivity contribution is 0.521. The van der Waals surface area contributed by atoms with Gasteiger partial charge in [-0.15, -0.1) is 0 Å². The Kier molecular flexibility index (Phi) is 5.00. The number of hydrogen-bond acceptors (Lipinski definition) is 5. The zero-order chi connectivity index (χ0) is 13.8. The Bertz CT molecular complexity index is 511.